The molecule has 22 heavy (non-hydrogen) atoms. The molecule has 0 aromatic heterocycles. The van der Waals surface area contributed by atoms with Gasteiger partial charge in [-0.3, -0.25) is 0 Å². The van der Waals surface area contributed by atoms with Crippen LogP contribution in [-0.4, -0.2) is 42.3 Å². The minimum atomic E-state index is -0.103. The number of amides is 2. The van der Waals surface area contributed by atoms with Crippen molar-refractivity contribution in [1.29, 1.82) is 0 Å². The molecule has 0 aliphatic heterocycles. The molecule has 0 aliphatic rings. The maximum atomic E-state index is 12.2. The molecule has 2 N–H and O–H groups in total. The lowest BCUT2D eigenvalue weighted by Gasteiger charge is -2.31. The fourth-order valence-corrected chi connectivity index (χ4v) is 2.55. The van der Waals surface area contributed by atoms with Gasteiger partial charge in [-0.2, -0.15) is 0 Å². The van der Waals surface area contributed by atoms with Crippen molar-refractivity contribution in [1.82, 2.24) is 10.2 Å². The van der Waals surface area contributed by atoms with Crippen LogP contribution in [0.15, 0.2) is 24.3 Å². The Bertz CT molecular complexity index is 468. The molecule has 0 bridgehead atoms. The second-order valence-electron chi connectivity index (χ2n) is 6.82. The van der Waals surface area contributed by atoms with E-state index in [1.54, 1.807) is 4.90 Å². The Morgan fingerprint density at radius 1 is 1.32 bits per heavy atom. The summed E-state index contributed by atoms with van der Waals surface area (Å²) in [6.45, 7) is 9.15. The predicted octanol–water partition coefficient (Wildman–Crippen LogP) is 3.08. The molecular formula is C18H30N2O2. The summed E-state index contributed by atoms with van der Waals surface area (Å²) in [5, 5.41) is 11.8. The van der Waals surface area contributed by atoms with E-state index in [-0.39, 0.29) is 24.1 Å². The average Bonchev–Trinajstić information content (AvgIpc) is 2.45. The third-order valence-corrected chi connectivity index (χ3v) is 3.98. The third-order valence-electron chi connectivity index (χ3n) is 3.98. The molecule has 0 spiro atoms. The Hall–Kier alpha value is -1.55. The molecule has 0 radical (unpaired) electrons. The van der Waals surface area contributed by atoms with Crippen molar-refractivity contribution in [3.8, 4) is 0 Å². The highest BCUT2D eigenvalue weighted by molar-refractivity contribution is 5.74. The zero-order valence-corrected chi connectivity index (χ0v) is 14.5. The monoisotopic (exact) mass is 306 g/mol. The predicted molar refractivity (Wildman–Crippen MR) is 91.1 cm³/mol. The smallest absolute Gasteiger partial charge is 0.317 e. The first-order valence-corrected chi connectivity index (χ1v) is 7.96. The van der Waals surface area contributed by atoms with Gasteiger partial charge >= 0.3 is 6.03 Å². The highest BCUT2D eigenvalue weighted by Gasteiger charge is 2.25. The summed E-state index contributed by atoms with van der Waals surface area (Å²) in [5.74, 6) is 0. The Balaban J connectivity index is 2.60. The number of aryl methyl sites for hydroxylation is 1. The number of aliphatic hydroxyl groups is 1. The second-order valence-corrected chi connectivity index (χ2v) is 6.82. The molecule has 0 saturated heterocycles. The second kappa shape index (κ2) is 8.18. The number of nitrogens with zero attached hydrogens (tertiary/aromatic N) is 1. The van der Waals surface area contributed by atoms with Gasteiger partial charge in [0.15, 0.2) is 0 Å². The normalized spacial score (nSPS) is 12.8. The minimum Gasteiger partial charge on any atom is -0.396 e. The van der Waals surface area contributed by atoms with E-state index in [9.17, 15) is 4.79 Å². The van der Waals surface area contributed by atoms with Gasteiger partial charge in [-0.1, -0.05) is 43.7 Å². The van der Waals surface area contributed by atoms with Crippen LogP contribution in [-0.2, 0) is 5.41 Å². The van der Waals surface area contributed by atoms with Gasteiger partial charge in [0.1, 0.15) is 0 Å². The van der Waals surface area contributed by atoms with Gasteiger partial charge in [0, 0.05) is 31.7 Å². The van der Waals surface area contributed by atoms with Gasteiger partial charge in [0.25, 0.3) is 0 Å². The van der Waals surface area contributed by atoms with Crippen LogP contribution in [0.3, 0.4) is 0 Å². The van der Waals surface area contributed by atoms with Crippen LogP contribution in [0.25, 0.3) is 0 Å². The molecule has 4 nitrogen and oxygen atoms in total. The lowest BCUT2D eigenvalue weighted by molar-refractivity contribution is 0.193. The minimum absolute atomic E-state index is 0.0642. The van der Waals surface area contributed by atoms with Crippen molar-refractivity contribution >= 4 is 6.03 Å². The summed E-state index contributed by atoms with van der Waals surface area (Å²) in [7, 11) is 1.82. The van der Waals surface area contributed by atoms with Crippen LogP contribution in [0.4, 0.5) is 4.79 Å². The molecular weight excluding hydrogens is 276 g/mol. The molecule has 0 heterocycles. The van der Waals surface area contributed by atoms with E-state index < -0.39 is 0 Å². The van der Waals surface area contributed by atoms with Gasteiger partial charge in [-0.25, -0.2) is 4.79 Å². The number of carbonyl (C=O) groups excluding carboxylic acids is 1. The number of benzene rings is 1. The van der Waals surface area contributed by atoms with E-state index in [2.05, 4.69) is 50.4 Å². The first kappa shape index (κ1) is 18.5. The fraction of sp³-hybridized carbons (Fsp3) is 0.611. The highest BCUT2D eigenvalue weighted by Crippen LogP contribution is 2.24. The summed E-state index contributed by atoms with van der Waals surface area (Å²) in [5.41, 5.74) is 2.36. The quantitative estimate of drug-likeness (QED) is 0.813. The molecule has 0 saturated carbocycles. The molecule has 1 aromatic rings. The van der Waals surface area contributed by atoms with E-state index in [4.69, 9.17) is 5.11 Å². The first-order chi connectivity index (χ1) is 10.3. The van der Waals surface area contributed by atoms with Gasteiger partial charge in [-0.05, 0) is 32.3 Å². The topological polar surface area (TPSA) is 52.6 Å². The number of hydrogen-bond acceptors (Lipinski definition) is 2. The van der Waals surface area contributed by atoms with Crippen LogP contribution in [0.2, 0.25) is 0 Å². The van der Waals surface area contributed by atoms with Gasteiger partial charge in [0.05, 0.1) is 0 Å². The number of hydrogen-bond donors (Lipinski definition) is 2. The van der Waals surface area contributed by atoms with Gasteiger partial charge < -0.3 is 15.3 Å². The standard InChI is InChI=1S/C18H30N2O2/c1-14-8-10-16(11-9-14)18(3,4)13-20(5)17(22)19-15(2)7-6-12-21/h8-11,15,21H,6-7,12-13H2,1-5H3,(H,19,22). The van der Waals surface area contributed by atoms with Crippen molar-refractivity contribution in [2.24, 2.45) is 0 Å². The molecule has 124 valence electrons. The van der Waals surface area contributed by atoms with Crippen molar-refractivity contribution in [2.75, 3.05) is 20.2 Å². The molecule has 2 amide bonds. The molecule has 1 aromatic carbocycles. The largest absolute Gasteiger partial charge is 0.396 e. The van der Waals surface area contributed by atoms with E-state index in [1.807, 2.05) is 14.0 Å². The Morgan fingerprint density at radius 3 is 2.45 bits per heavy atom. The van der Waals surface area contributed by atoms with Crippen molar-refractivity contribution in [2.45, 2.75) is 52.0 Å². The van der Waals surface area contributed by atoms with Gasteiger partial charge in [-0.15, -0.1) is 0 Å². The maximum Gasteiger partial charge on any atom is 0.317 e. The van der Waals surface area contributed by atoms with Gasteiger partial charge in [0.2, 0.25) is 0 Å². The number of urea groups is 1. The Morgan fingerprint density at radius 2 is 1.91 bits per heavy atom. The van der Waals surface area contributed by atoms with Crippen LogP contribution >= 0.6 is 0 Å². The zero-order chi connectivity index (χ0) is 16.8. The van der Waals surface area contributed by atoms with E-state index in [1.165, 1.54) is 11.1 Å². The SMILES string of the molecule is Cc1ccc(C(C)(C)CN(C)C(=O)NC(C)CCCO)cc1. The van der Waals surface area contributed by atoms with Crippen LogP contribution in [0, 0.1) is 6.92 Å². The summed E-state index contributed by atoms with van der Waals surface area (Å²) < 4.78 is 0. The highest BCUT2D eigenvalue weighted by atomic mass is 16.3. The van der Waals surface area contributed by atoms with Crippen molar-refractivity contribution < 1.29 is 9.90 Å². The molecule has 1 unspecified atom stereocenters. The van der Waals surface area contributed by atoms with Crippen molar-refractivity contribution in [3.05, 3.63) is 35.4 Å². The Labute approximate surface area is 134 Å². The third kappa shape index (κ3) is 5.68. The lowest BCUT2D eigenvalue weighted by Crippen LogP contribution is -2.46. The average molecular weight is 306 g/mol. The van der Waals surface area contributed by atoms with E-state index >= 15 is 0 Å². The summed E-state index contributed by atoms with van der Waals surface area (Å²) in [4.78, 5) is 14.0. The number of carbonyl (C=O) groups is 1. The number of rotatable bonds is 7. The first-order valence-electron chi connectivity index (χ1n) is 7.96. The van der Waals surface area contributed by atoms with Crippen molar-refractivity contribution in [3.63, 3.8) is 0 Å². The van der Waals surface area contributed by atoms with E-state index in [0.717, 1.165) is 6.42 Å². The molecule has 1 rings (SSSR count). The summed E-state index contributed by atoms with van der Waals surface area (Å²) in [6, 6.07) is 8.48. The Kier molecular flexibility index (Phi) is 6.88. The molecule has 1 atom stereocenters. The maximum absolute atomic E-state index is 12.2. The van der Waals surface area contributed by atoms with Crippen LogP contribution in [0.5, 0.6) is 0 Å². The summed E-state index contributed by atoms with van der Waals surface area (Å²) in [6.07, 6.45) is 1.50. The number of aliphatic hydroxyl groups excluding tert-OH is 1. The molecule has 4 heteroatoms. The van der Waals surface area contributed by atoms with Crippen LogP contribution < -0.4 is 5.32 Å². The molecule has 0 fully saturated rings. The fourth-order valence-electron chi connectivity index (χ4n) is 2.55. The zero-order valence-electron chi connectivity index (χ0n) is 14.5. The number of nitrogens with one attached hydrogen (secondary N) is 1. The number of likely N-dealkylation sites (N-methyl/N-ethyl adjacent to an activating group) is 1. The van der Waals surface area contributed by atoms with E-state index in [0.29, 0.717) is 13.0 Å². The van der Waals surface area contributed by atoms with Crippen LogP contribution in [0.1, 0.15) is 44.7 Å². The molecule has 0 aliphatic carbocycles. The summed E-state index contributed by atoms with van der Waals surface area (Å²) >= 11 is 0. The lowest BCUT2D eigenvalue weighted by atomic mass is 9.84.